The van der Waals surface area contributed by atoms with Crippen LogP contribution < -0.4 is 4.72 Å². The van der Waals surface area contributed by atoms with Crippen LogP contribution in [0.2, 0.25) is 0 Å². The molecule has 28 heavy (non-hydrogen) atoms. The van der Waals surface area contributed by atoms with Gasteiger partial charge in [0.1, 0.15) is 9.77 Å². The highest BCUT2D eigenvalue weighted by molar-refractivity contribution is 7.93. The number of ether oxygens (including phenoxy) is 1. The van der Waals surface area contributed by atoms with E-state index in [2.05, 4.69) is 27.0 Å². The molecular formula is C20H18N2O4S2. The van der Waals surface area contributed by atoms with Crippen molar-refractivity contribution in [1.29, 1.82) is 0 Å². The monoisotopic (exact) mass is 414 g/mol. The van der Waals surface area contributed by atoms with Crippen LogP contribution in [0.4, 0.5) is 5.69 Å². The molecule has 2 aromatic heterocycles. The van der Waals surface area contributed by atoms with Crippen molar-refractivity contribution in [2.24, 2.45) is 0 Å². The fourth-order valence-electron chi connectivity index (χ4n) is 3.42. The molecule has 2 aromatic carbocycles. The molecule has 0 aliphatic carbocycles. The van der Waals surface area contributed by atoms with Crippen molar-refractivity contribution in [3.8, 4) is 0 Å². The van der Waals surface area contributed by atoms with Crippen molar-refractivity contribution < 1.29 is 17.9 Å². The third kappa shape index (κ3) is 2.94. The van der Waals surface area contributed by atoms with Crippen molar-refractivity contribution >= 4 is 54.8 Å². The number of hydrogen-bond donors (Lipinski definition) is 1. The summed E-state index contributed by atoms with van der Waals surface area (Å²) in [6.07, 6.45) is 0. The number of carbonyl (C=O) groups is 1. The molecule has 8 heteroatoms. The zero-order valence-corrected chi connectivity index (χ0v) is 16.9. The summed E-state index contributed by atoms with van der Waals surface area (Å²) in [4.78, 5) is 11.8. The molecular weight excluding hydrogens is 396 g/mol. The van der Waals surface area contributed by atoms with Gasteiger partial charge in [0.05, 0.1) is 7.11 Å². The summed E-state index contributed by atoms with van der Waals surface area (Å²) in [6.45, 7) is 2.89. The molecule has 0 saturated heterocycles. The Balaban J connectivity index is 1.79. The summed E-state index contributed by atoms with van der Waals surface area (Å²) in [5.74, 6) is -0.670. The minimum Gasteiger partial charge on any atom is -0.465 e. The molecule has 6 nitrogen and oxygen atoms in total. The van der Waals surface area contributed by atoms with E-state index in [0.717, 1.165) is 39.7 Å². The number of rotatable bonds is 5. The lowest BCUT2D eigenvalue weighted by atomic mass is 10.1. The Labute approximate surface area is 166 Å². The highest BCUT2D eigenvalue weighted by atomic mass is 32.2. The second-order valence-electron chi connectivity index (χ2n) is 6.20. The molecule has 0 amide bonds. The minimum absolute atomic E-state index is 0.0543. The van der Waals surface area contributed by atoms with Crippen molar-refractivity contribution in [1.82, 2.24) is 4.57 Å². The molecule has 0 unspecified atom stereocenters. The highest BCUT2D eigenvalue weighted by Crippen LogP contribution is 2.32. The number of thiophene rings is 1. The molecule has 0 aliphatic rings. The first-order valence-electron chi connectivity index (χ1n) is 8.66. The van der Waals surface area contributed by atoms with Crippen LogP contribution in [-0.4, -0.2) is 26.1 Å². The van der Waals surface area contributed by atoms with Crippen LogP contribution in [-0.2, 0) is 21.3 Å². The summed E-state index contributed by atoms with van der Waals surface area (Å²) < 4.78 is 35.2. The van der Waals surface area contributed by atoms with E-state index in [1.54, 1.807) is 11.4 Å². The first kappa shape index (κ1) is 18.5. The van der Waals surface area contributed by atoms with Gasteiger partial charge in [-0.1, -0.05) is 18.2 Å². The number of nitrogens with one attached hydrogen (secondary N) is 1. The van der Waals surface area contributed by atoms with Gasteiger partial charge in [0.2, 0.25) is 0 Å². The van der Waals surface area contributed by atoms with Gasteiger partial charge in [-0.2, -0.15) is 0 Å². The summed E-state index contributed by atoms with van der Waals surface area (Å²) in [5, 5.41) is 3.58. The van der Waals surface area contributed by atoms with Gasteiger partial charge >= 0.3 is 5.97 Å². The summed E-state index contributed by atoms with van der Waals surface area (Å²) in [7, 11) is -2.70. The SMILES string of the molecule is CCn1c2ccccc2c2cc(NS(=O)(=O)c3ccsc3C(=O)OC)ccc21. The number of nitrogens with zero attached hydrogens (tertiary/aromatic N) is 1. The number of carbonyl (C=O) groups excluding carboxylic acids is 1. The fourth-order valence-corrected chi connectivity index (χ4v) is 5.80. The lowest BCUT2D eigenvalue weighted by Gasteiger charge is -2.09. The van der Waals surface area contributed by atoms with Gasteiger partial charge in [0, 0.05) is 34.0 Å². The highest BCUT2D eigenvalue weighted by Gasteiger charge is 2.25. The van der Waals surface area contributed by atoms with Crippen LogP contribution in [0.25, 0.3) is 21.8 Å². The van der Waals surface area contributed by atoms with E-state index in [0.29, 0.717) is 5.69 Å². The largest absolute Gasteiger partial charge is 0.465 e. The molecule has 144 valence electrons. The Morgan fingerprint density at radius 2 is 1.86 bits per heavy atom. The smallest absolute Gasteiger partial charge is 0.349 e. The van der Waals surface area contributed by atoms with E-state index in [1.165, 1.54) is 13.2 Å². The number of fused-ring (bicyclic) bond motifs is 3. The molecule has 0 fully saturated rings. The average molecular weight is 415 g/mol. The molecule has 0 radical (unpaired) electrons. The van der Waals surface area contributed by atoms with Crippen LogP contribution >= 0.6 is 11.3 Å². The van der Waals surface area contributed by atoms with Crippen LogP contribution in [0.1, 0.15) is 16.6 Å². The first-order valence-corrected chi connectivity index (χ1v) is 11.0. The van der Waals surface area contributed by atoms with Gasteiger partial charge in [-0.25, -0.2) is 13.2 Å². The van der Waals surface area contributed by atoms with Gasteiger partial charge in [-0.3, -0.25) is 4.72 Å². The van der Waals surface area contributed by atoms with Crippen LogP contribution in [0.3, 0.4) is 0 Å². The zero-order valence-electron chi connectivity index (χ0n) is 15.3. The summed E-state index contributed by atoms with van der Waals surface area (Å²) in [5.41, 5.74) is 2.58. The van der Waals surface area contributed by atoms with E-state index < -0.39 is 16.0 Å². The second kappa shape index (κ2) is 6.96. The molecule has 0 aliphatic heterocycles. The minimum atomic E-state index is -3.92. The molecule has 0 saturated carbocycles. The van der Waals surface area contributed by atoms with Gasteiger partial charge < -0.3 is 9.30 Å². The molecule has 4 aromatic rings. The van der Waals surface area contributed by atoms with Gasteiger partial charge in [0.15, 0.2) is 0 Å². The van der Waals surface area contributed by atoms with E-state index in [-0.39, 0.29) is 9.77 Å². The quantitative estimate of drug-likeness (QED) is 0.489. The predicted octanol–water partition coefficient (Wildman–Crippen LogP) is 4.46. The van der Waals surface area contributed by atoms with Crippen molar-refractivity contribution in [3.63, 3.8) is 0 Å². The number of aromatic nitrogens is 1. The number of methoxy groups -OCH3 is 1. The molecule has 2 heterocycles. The number of para-hydroxylation sites is 1. The molecule has 0 bridgehead atoms. The Morgan fingerprint density at radius 1 is 1.11 bits per heavy atom. The Morgan fingerprint density at radius 3 is 2.61 bits per heavy atom. The lowest BCUT2D eigenvalue weighted by molar-refractivity contribution is 0.0602. The molecule has 0 spiro atoms. The second-order valence-corrected chi connectivity index (χ2v) is 8.77. The maximum Gasteiger partial charge on any atom is 0.349 e. The normalized spacial score (nSPS) is 11.8. The zero-order chi connectivity index (χ0) is 19.9. The van der Waals surface area contributed by atoms with E-state index in [9.17, 15) is 13.2 Å². The molecule has 1 N–H and O–H groups in total. The topological polar surface area (TPSA) is 77.4 Å². The van der Waals surface area contributed by atoms with E-state index >= 15 is 0 Å². The van der Waals surface area contributed by atoms with Crippen LogP contribution in [0.5, 0.6) is 0 Å². The van der Waals surface area contributed by atoms with Crippen molar-refractivity contribution in [2.45, 2.75) is 18.4 Å². The van der Waals surface area contributed by atoms with Crippen LogP contribution in [0, 0.1) is 0 Å². The number of aryl methyl sites for hydroxylation is 1. The standard InChI is InChI=1S/C20H18N2O4S2/c1-3-22-16-7-5-4-6-14(16)15-12-13(8-9-17(15)22)21-28(24,25)18-10-11-27-19(18)20(23)26-2/h4-12,21H,3H2,1-2H3. The Kier molecular flexibility index (Phi) is 4.60. The number of hydrogen-bond acceptors (Lipinski definition) is 5. The fraction of sp³-hybridized carbons (Fsp3) is 0.150. The summed E-state index contributed by atoms with van der Waals surface area (Å²) >= 11 is 1.03. The average Bonchev–Trinajstić information content (AvgIpc) is 3.30. The van der Waals surface area contributed by atoms with Gasteiger partial charge in [-0.05, 0) is 42.6 Å². The van der Waals surface area contributed by atoms with Crippen LogP contribution in [0.15, 0.2) is 58.8 Å². The first-order chi connectivity index (χ1) is 13.5. The Bertz CT molecular complexity index is 1300. The van der Waals surface area contributed by atoms with Crippen molar-refractivity contribution in [2.75, 3.05) is 11.8 Å². The number of esters is 1. The maximum atomic E-state index is 12.8. The Hall–Kier alpha value is -2.84. The van der Waals surface area contributed by atoms with Crippen molar-refractivity contribution in [3.05, 3.63) is 58.8 Å². The number of benzene rings is 2. The van der Waals surface area contributed by atoms with Gasteiger partial charge in [0.25, 0.3) is 10.0 Å². The van der Waals surface area contributed by atoms with E-state index in [1.807, 2.05) is 30.3 Å². The maximum absolute atomic E-state index is 12.8. The molecule has 0 atom stereocenters. The third-order valence-electron chi connectivity index (χ3n) is 4.63. The number of anilines is 1. The van der Waals surface area contributed by atoms with Gasteiger partial charge in [-0.15, -0.1) is 11.3 Å². The third-order valence-corrected chi connectivity index (χ3v) is 7.08. The lowest BCUT2D eigenvalue weighted by Crippen LogP contribution is -2.15. The summed E-state index contributed by atoms with van der Waals surface area (Å²) in [6, 6.07) is 14.9. The van der Waals surface area contributed by atoms with E-state index in [4.69, 9.17) is 0 Å². The predicted molar refractivity (Wildman–Crippen MR) is 112 cm³/mol. The number of sulfonamides is 1. The molecule has 4 rings (SSSR count).